The zero-order chi connectivity index (χ0) is 11.8. The number of fused-ring (bicyclic) bond motifs is 2. The van der Waals surface area contributed by atoms with Crippen LogP contribution in [0.1, 0.15) is 15.9 Å². The van der Waals surface area contributed by atoms with Crippen molar-refractivity contribution in [3.05, 3.63) is 58.6 Å². The predicted octanol–water partition coefficient (Wildman–Crippen LogP) is 3.82. The molecule has 2 aromatic rings. The van der Waals surface area contributed by atoms with Gasteiger partial charge >= 0.3 is 0 Å². The van der Waals surface area contributed by atoms with E-state index in [9.17, 15) is 4.79 Å². The number of hydrogen-bond acceptors (Lipinski definition) is 2. The molecule has 0 radical (unpaired) electrons. The maximum Gasteiger partial charge on any atom is 0.169 e. The van der Waals surface area contributed by atoms with Crippen molar-refractivity contribution >= 4 is 28.8 Å². The zero-order valence-corrected chi connectivity index (χ0v) is 9.79. The van der Waals surface area contributed by atoms with E-state index in [4.69, 9.17) is 11.6 Å². The Bertz CT molecular complexity index is 607. The summed E-state index contributed by atoms with van der Waals surface area (Å²) in [6.45, 7) is 0. The molecule has 0 aromatic heterocycles. The van der Waals surface area contributed by atoms with Gasteiger partial charge in [-0.25, -0.2) is 0 Å². The average Bonchev–Trinajstić information content (AvgIpc) is 2.44. The van der Waals surface area contributed by atoms with Gasteiger partial charge < -0.3 is 5.32 Å². The molecule has 0 saturated carbocycles. The summed E-state index contributed by atoms with van der Waals surface area (Å²) in [7, 11) is 0. The van der Waals surface area contributed by atoms with Crippen LogP contribution in [0.5, 0.6) is 0 Å². The fourth-order valence-corrected chi connectivity index (χ4v) is 2.24. The van der Waals surface area contributed by atoms with E-state index < -0.39 is 0 Å². The van der Waals surface area contributed by atoms with Crippen molar-refractivity contribution in [2.45, 2.75) is 6.42 Å². The summed E-state index contributed by atoms with van der Waals surface area (Å²) in [5.74, 6) is 0.120. The van der Waals surface area contributed by atoms with Crippen LogP contribution in [-0.2, 0) is 6.42 Å². The van der Waals surface area contributed by atoms with Gasteiger partial charge in [0.05, 0.1) is 5.69 Å². The average molecular weight is 244 g/mol. The van der Waals surface area contributed by atoms with Crippen LogP contribution < -0.4 is 5.32 Å². The van der Waals surface area contributed by atoms with Crippen LogP contribution in [0.25, 0.3) is 0 Å². The summed E-state index contributed by atoms with van der Waals surface area (Å²) in [5, 5.41) is 3.90. The maximum atomic E-state index is 12.1. The van der Waals surface area contributed by atoms with E-state index in [-0.39, 0.29) is 5.78 Å². The van der Waals surface area contributed by atoms with Crippen LogP contribution in [0.15, 0.2) is 42.5 Å². The number of halogens is 1. The van der Waals surface area contributed by atoms with E-state index in [0.29, 0.717) is 17.0 Å². The molecule has 1 aliphatic rings. The molecule has 0 atom stereocenters. The van der Waals surface area contributed by atoms with Crippen molar-refractivity contribution in [3.63, 3.8) is 0 Å². The van der Waals surface area contributed by atoms with E-state index >= 15 is 0 Å². The minimum atomic E-state index is 0.120. The number of ketones is 1. The molecule has 0 aliphatic carbocycles. The Morgan fingerprint density at radius 1 is 1.06 bits per heavy atom. The lowest BCUT2D eigenvalue weighted by Crippen LogP contribution is -2.01. The number of hydrogen-bond donors (Lipinski definition) is 1. The highest BCUT2D eigenvalue weighted by Crippen LogP contribution is 2.31. The predicted molar refractivity (Wildman–Crippen MR) is 69.2 cm³/mol. The van der Waals surface area contributed by atoms with E-state index in [1.54, 1.807) is 18.2 Å². The third-order valence-electron chi connectivity index (χ3n) is 2.92. The highest BCUT2D eigenvalue weighted by atomic mass is 35.5. The molecule has 3 rings (SSSR count). The van der Waals surface area contributed by atoms with Gasteiger partial charge in [0.15, 0.2) is 5.78 Å². The molecule has 3 heteroatoms. The van der Waals surface area contributed by atoms with Crippen LogP contribution in [0.4, 0.5) is 11.4 Å². The molecule has 0 saturated heterocycles. The zero-order valence-electron chi connectivity index (χ0n) is 9.03. The summed E-state index contributed by atoms with van der Waals surface area (Å²) < 4.78 is 0. The third kappa shape index (κ3) is 1.81. The van der Waals surface area contributed by atoms with Gasteiger partial charge in [0.25, 0.3) is 0 Å². The maximum absolute atomic E-state index is 12.1. The fraction of sp³-hybridized carbons (Fsp3) is 0.0714. The van der Waals surface area contributed by atoms with Crippen molar-refractivity contribution in [1.29, 1.82) is 0 Å². The monoisotopic (exact) mass is 243 g/mol. The Labute approximate surface area is 104 Å². The molecule has 1 heterocycles. The fourth-order valence-electron chi connectivity index (χ4n) is 2.07. The number of nitrogens with one attached hydrogen (secondary N) is 1. The normalized spacial score (nSPS) is 13.4. The molecule has 2 aromatic carbocycles. The minimum absolute atomic E-state index is 0.120. The molecule has 17 heavy (non-hydrogen) atoms. The second-order valence-corrected chi connectivity index (χ2v) is 4.51. The minimum Gasteiger partial charge on any atom is -0.355 e. The number of carbonyl (C=O) groups is 1. The number of rotatable bonds is 0. The Morgan fingerprint density at radius 3 is 2.76 bits per heavy atom. The van der Waals surface area contributed by atoms with Gasteiger partial charge in [-0.1, -0.05) is 29.8 Å². The van der Waals surface area contributed by atoms with Gasteiger partial charge in [0.1, 0.15) is 0 Å². The lowest BCUT2D eigenvalue weighted by atomic mass is 10.0. The first-order valence-electron chi connectivity index (χ1n) is 5.42. The van der Waals surface area contributed by atoms with Crippen LogP contribution in [0.3, 0.4) is 0 Å². The quantitative estimate of drug-likeness (QED) is 0.762. The van der Waals surface area contributed by atoms with E-state index in [0.717, 1.165) is 16.9 Å². The Balaban J connectivity index is 2.18. The molecular formula is C14H10ClNO. The molecule has 0 fully saturated rings. The smallest absolute Gasteiger partial charge is 0.169 e. The summed E-state index contributed by atoms with van der Waals surface area (Å²) in [6, 6.07) is 13.1. The number of para-hydroxylation sites is 1. The first kappa shape index (κ1) is 10.4. The van der Waals surface area contributed by atoms with Crippen LogP contribution in [0.2, 0.25) is 5.02 Å². The van der Waals surface area contributed by atoms with Gasteiger partial charge in [-0.2, -0.15) is 0 Å². The lowest BCUT2D eigenvalue weighted by Gasteiger charge is -2.08. The second kappa shape index (κ2) is 3.90. The number of carbonyl (C=O) groups excluding carboxylic acids is 1. The molecule has 1 aliphatic heterocycles. The van der Waals surface area contributed by atoms with E-state index in [1.165, 1.54) is 0 Å². The van der Waals surface area contributed by atoms with Gasteiger partial charge in [-0.3, -0.25) is 4.79 Å². The van der Waals surface area contributed by atoms with Crippen LogP contribution in [-0.4, -0.2) is 5.78 Å². The largest absolute Gasteiger partial charge is 0.355 e. The summed E-state index contributed by atoms with van der Waals surface area (Å²) in [5.41, 5.74) is 3.48. The molecular weight excluding hydrogens is 234 g/mol. The second-order valence-electron chi connectivity index (χ2n) is 4.07. The van der Waals surface area contributed by atoms with Crippen molar-refractivity contribution in [1.82, 2.24) is 0 Å². The van der Waals surface area contributed by atoms with Gasteiger partial charge in [-0.15, -0.1) is 0 Å². The SMILES string of the molecule is O=C1Cc2ccccc2Nc2cc(Cl)ccc21. The summed E-state index contributed by atoms with van der Waals surface area (Å²) >= 11 is 5.95. The molecule has 0 spiro atoms. The van der Waals surface area contributed by atoms with Crippen molar-refractivity contribution < 1.29 is 4.79 Å². The number of benzene rings is 2. The Kier molecular flexibility index (Phi) is 2.37. The topological polar surface area (TPSA) is 29.1 Å². The van der Waals surface area contributed by atoms with Crippen molar-refractivity contribution in [3.8, 4) is 0 Å². The number of anilines is 2. The molecule has 0 unspecified atom stereocenters. The third-order valence-corrected chi connectivity index (χ3v) is 3.15. The summed E-state index contributed by atoms with van der Waals surface area (Å²) in [6.07, 6.45) is 0.428. The van der Waals surface area contributed by atoms with Gasteiger partial charge in [0, 0.05) is 22.7 Å². The van der Waals surface area contributed by atoms with Crippen LogP contribution in [0, 0.1) is 0 Å². The van der Waals surface area contributed by atoms with Gasteiger partial charge in [0.2, 0.25) is 0 Å². The first-order valence-corrected chi connectivity index (χ1v) is 5.79. The highest BCUT2D eigenvalue weighted by Gasteiger charge is 2.18. The van der Waals surface area contributed by atoms with Crippen molar-refractivity contribution in [2.75, 3.05) is 5.32 Å². The lowest BCUT2D eigenvalue weighted by molar-refractivity contribution is 0.0994. The Hall–Kier alpha value is -1.80. The molecule has 84 valence electrons. The molecule has 2 nitrogen and oxygen atoms in total. The molecule has 0 bridgehead atoms. The van der Waals surface area contributed by atoms with Crippen molar-refractivity contribution in [2.24, 2.45) is 0 Å². The number of Topliss-reactive ketones (excluding diaryl/α,β-unsaturated/α-hetero) is 1. The van der Waals surface area contributed by atoms with E-state index in [1.807, 2.05) is 24.3 Å². The highest BCUT2D eigenvalue weighted by molar-refractivity contribution is 6.31. The molecule has 1 N–H and O–H groups in total. The van der Waals surface area contributed by atoms with E-state index in [2.05, 4.69) is 5.32 Å². The molecule has 0 amide bonds. The standard InChI is InChI=1S/C14H10ClNO/c15-10-5-6-11-13(8-10)16-12-4-2-1-3-9(12)7-14(11)17/h1-6,8,16H,7H2. The summed E-state index contributed by atoms with van der Waals surface area (Å²) in [4.78, 5) is 12.1. The van der Waals surface area contributed by atoms with Gasteiger partial charge in [-0.05, 0) is 29.8 Å². The first-order chi connectivity index (χ1) is 8.24. The van der Waals surface area contributed by atoms with Crippen LogP contribution >= 0.6 is 11.6 Å². The Morgan fingerprint density at radius 2 is 1.88 bits per heavy atom.